The SMILES string of the molecule is N#Cc1ccc(C(F)(F)F)c(C(F)F)c1C(F)(F)F. The maximum absolute atomic E-state index is 12.6. The Kier molecular flexibility index (Phi) is 3.74. The van der Waals surface area contributed by atoms with Crippen LogP contribution in [0.4, 0.5) is 35.1 Å². The van der Waals surface area contributed by atoms with Crippen LogP contribution in [-0.4, -0.2) is 0 Å². The summed E-state index contributed by atoms with van der Waals surface area (Å²) in [5.41, 5.74) is -7.86. The average molecular weight is 289 g/mol. The molecule has 9 heteroatoms. The standard InChI is InChI=1S/C10H3F8N/c11-8(12)6-5(9(13,14)15)2-1-4(3-19)7(6)10(16,17)18/h1-2,8H. The molecule has 0 saturated carbocycles. The van der Waals surface area contributed by atoms with Crippen molar-refractivity contribution in [3.63, 3.8) is 0 Å². The number of halogens is 8. The molecular formula is C10H3F8N. The molecule has 19 heavy (non-hydrogen) atoms. The van der Waals surface area contributed by atoms with E-state index in [9.17, 15) is 35.1 Å². The Hall–Kier alpha value is -1.85. The highest BCUT2D eigenvalue weighted by Gasteiger charge is 2.45. The smallest absolute Gasteiger partial charge is 0.205 e. The zero-order valence-corrected chi connectivity index (χ0v) is 8.70. The van der Waals surface area contributed by atoms with Gasteiger partial charge in [-0.3, -0.25) is 0 Å². The molecule has 0 radical (unpaired) electrons. The van der Waals surface area contributed by atoms with Gasteiger partial charge in [0.05, 0.1) is 22.8 Å². The summed E-state index contributed by atoms with van der Waals surface area (Å²) in [7, 11) is 0. The molecule has 1 rings (SSSR count). The summed E-state index contributed by atoms with van der Waals surface area (Å²) in [6, 6.07) is 1.21. The fourth-order valence-corrected chi connectivity index (χ4v) is 1.49. The lowest BCUT2D eigenvalue weighted by atomic mass is 9.95. The Morgan fingerprint density at radius 2 is 1.47 bits per heavy atom. The van der Waals surface area contributed by atoms with Gasteiger partial charge in [0.25, 0.3) is 6.43 Å². The minimum atomic E-state index is -5.49. The van der Waals surface area contributed by atoms with Crippen LogP contribution in [0.2, 0.25) is 0 Å². The molecule has 0 aliphatic carbocycles. The van der Waals surface area contributed by atoms with Crippen molar-refractivity contribution in [2.45, 2.75) is 18.8 Å². The van der Waals surface area contributed by atoms with Gasteiger partial charge >= 0.3 is 12.4 Å². The molecule has 0 unspecified atom stereocenters. The summed E-state index contributed by atoms with van der Waals surface area (Å²) in [6.07, 6.45) is -14.9. The number of nitriles is 1. The van der Waals surface area contributed by atoms with Crippen LogP contribution in [-0.2, 0) is 12.4 Å². The van der Waals surface area contributed by atoms with Crippen molar-refractivity contribution in [3.05, 3.63) is 34.4 Å². The topological polar surface area (TPSA) is 23.8 Å². The predicted molar refractivity (Wildman–Crippen MR) is 46.1 cm³/mol. The molecule has 1 aromatic carbocycles. The molecule has 0 aromatic heterocycles. The molecule has 0 saturated heterocycles. The molecule has 1 aromatic rings. The van der Waals surface area contributed by atoms with E-state index in [1.54, 1.807) is 0 Å². The van der Waals surface area contributed by atoms with Crippen molar-refractivity contribution in [2.75, 3.05) is 0 Å². The predicted octanol–water partition coefficient (Wildman–Crippen LogP) is 4.53. The van der Waals surface area contributed by atoms with E-state index in [2.05, 4.69) is 0 Å². The molecule has 0 fully saturated rings. The zero-order valence-electron chi connectivity index (χ0n) is 8.70. The van der Waals surface area contributed by atoms with Crippen LogP contribution in [0.5, 0.6) is 0 Å². The Morgan fingerprint density at radius 3 is 1.79 bits per heavy atom. The zero-order chi connectivity index (χ0) is 15.0. The van der Waals surface area contributed by atoms with E-state index in [0.29, 0.717) is 0 Å². The fourth-order valence-electron chi connectivity index (χ4n) is 1.49. The van der Waals surface area contributed by atoms with Gasteiger partial charge in [-0.15, -0.1) is 0 Å². The van der Waals surface area contributed by atoms with E-state index in [0.717, 1.165) is 6.07 Å². The highest BCUT2D eigenvalue weighted by molar-refractivity contribution is 5.50. The summed E-state index contributed by atoms with van der Waals surface area (Å²) in [5, 5.41) is 8.41. The maximum Gasteiger partial charge on any atom is 0.418 e. The van der Waals surface area contributed by atoms with Gasteiger partial charge < -0.3 is 0 Å². The lowest BCUT2D eigenvalue weighted by Gasteiger charge is -2.19. The Balaban J connectivity index is 3.81. The van der Waals surface area contributed by atoms with Gasteiger partial charge in [-0.1, -0.05) is 0 Å². The summed E-state index contributed by atoms with van der Waals surface area (Å²) < 4.78 is 100. The first-order valence-corrected chi connectivity index (χ1v) is 4.49. The Labute approximate surface area is 101 Å². The molecule has 0 spiro atoms. The minimum Gasteiger partial charge on any atom is -0.205 e. The van der Waals surface area contributed by atoms with Crippen molar-refractivity contribution >= 4 is 0 Å². The van der Waals surface area contributed by atoms with Crippen LogP contribution in [0.3, 0.4) is 0 Å². The van der Waals surface area contributed by atoms with E-state index >= 15 is 0 Å². The van der Waals surface area contributed by atoms with Crippen LogP contribution < -0.4 is 0 Å². The van der Waals surface area contributed by atoms with Gasteiger partial charge in [-0.25, -0.2) is 8.78 Å². The van der Waals surface area contributed by atoms with E-state index in [4.69, 9.17) is 5.26 Å². The van der Waals surface area contributed by atoms with Crippen LogP contribution >= 0.6 is 0 Å². The Bertz CT molecular complexity index is 520. The second-order valence-electron chi connectivity index (χ2n) is 3.36. The molecule has 0 amide bonds. The van der Waals surface area contributed by atoms with Gasteiger partial charge in [0.2, 0.25) is 0 Å². The number of nitrogens with zero attached hydrogens (tertiary/aromatic N) is 1. The van der Waals surface area contributed by atoms with E-state index in [1.807, 2.05) is 0 Å². The van der Waals surface area contributed by atoms with Crippen molar-refractivity contribution in [1.29, 1.82) is 5.26 Å². The van der Waals surface area contributed by atoms with Gasteiger partial charge in [0.15, 0.2) is 0 Å². The van der Waals surface area contributed by atoms with Gasteiger partial charge in [-0.05, 0) is 12.1 Å². The number of benzene rings is 1. The second-order valence-corrected chi connectivity index (χ2v) is 3.36. The maximum atomic E-state index is 12.6. The third-order valence-corrected chi connectivity index (χ3v) is 2.17. The van der Waals surface area contributed by atoms with Gasteiger partial charge in [0.1, 0.15) is 0 Å². The first-order valence-electron chi connectivity index (χ1n) is 4.49. The monoisotopic (exact) mass is 289 g/mol. The van der Waals surface area contributed by atoms with E-state index < -0.39 is 41.0 Å². The molecule has 104 valence electrons. The highest BCUT2D eigenvalue weighted by atomic mass is 19.4. The third kappa shape index (κ3) is 2.94. The van der Waals surface area contributed by atoms with Crippen molar-refractivity contribution in [1.82, 2.24) is 0 Å². The van der Waals surface area contributed by atoms with Crippen LogP contribution in [0.15, 0.2) is 12.1 Å². The molecule has 0 atom stereocenters. The van der Waals surface area contributed by atoms with E-state index in [1.165, 1.54) is 0 Å². The first-order chi connectivity index (χ1) is 8.50. The molecule has 0 heterocycles. The quantitative estimate of drug-likeness (QED) is 0.697. The van der Waals surface area contributed by atoms with Crippen LogP contribution in [0.25, 0.3) is 0 Å². The number of rotatable bonds is 1. The van der Waals surface area contributed by atoms with Crippen LogP contribution in [0, 0.1) is 11.3 Å². The van der Waals surface area contributed by atoms with Gasteiger partial charge in [0, 0.05) is 5.56 Å². The normalized spacial score (nSPS) is 12.6. The van der Waals surface area contributed by atoms with Crippen LogP contribution in [0.1, 0.15) is 28.7 Å². The molecule has 0 bridgehead atoms. The third-order valence-electron chi connectivity index (χ3n) is 2.17. The second kappa shape index (κ2) is 4.68. The lowest BCUT2D eigenvalue weighted by Crippen LogP contribution is -2.18. The van der Waals surface area contributed by atoms with Crippen molar-refractivity contribution in [3.8, 4) is 6.07 Å². The van der Waals surface area contributed by atoms with Gasteiger partial charge in [-0.2, -0.15) is 31.6 Å². The average Bonchev–Trinajstić information content (AvgIpc) is 2.24. The molecular weight excluding hydrogens is 286 g/mol. The number of hydrogen-bond acceptors (Lipinski definition) is 1. The molecule has 1 nitrogen and oxygen atoms in total. The first kappa shape index (κ1) is 15.2. The fraction of sp³-hybridized carbons (Fsp3) is 0.300. The van der Waals surface area contributed by atoms with E-state index in [-0.39, 0.29) is 12.1 Å². The molecule has 0 aliphatic heterocycles. The lowest BCUT2D eigenvalue weighted by molar-refractivity contribution is -0.146. The van der Waals surface area contributed by atoms with Crippen molar-refractivity contribution in [2.24, 2.45) is 0 Å². The number of hydrogen-bond donors (Lipinski definition) is 0. The highest BCUT2D eigenvalue weighted by Crippen LogP contribution is 2.44. The number of alkyl halides is 8. The Morgan fingerprint density at radius 1 is 0.947 bits per heavy atom. The minimum absolute atomic E-state index is 0.0370. The summed E-state index contributed by atoms with van der Waals surface area (Å²) in [6.45, 7) is 0. The summed E-state index contributed by atoms with van der Waals surface area (Å²) in [4.78, 5) is 0. The largest absolute Gasteiger partial charge is 0.418 e. The molecule has 0 N–H and O–H groups in total. The summed E-state index contributed by atoms with van der Waals surface area (Å²) in [5.74, 6) is 0. The van der Waals surface area contributed by atoms with Crippen molar-refractivity contribution < 1.29 is 35.1 Å². The molecule has 0 aliphatic rings. The summed E-state index contributed by atoms with van der Waals surface area (Å²) >= 11 is 0.